The van der Waals surface area contributed by atoms with E-state index in [4.69, 9.17) is 9.90 Å². The minimum absolute atomic E-state index is 0.379. The van der Waals surface area contributed by atoms with Gasteiger partial charge in [0.2, 0.25) is 0 Å². The van der Waals surface area contributed by atoms with Crippen LogP contribution in [0.2, 0.25) is 0 Å². The lowest BCUT2D eigenvalue weighted by atomic mass is 10.0. The number of nitrogens with zero attached hydrogens (tertiary/aromatic N) is 1. The molecule has 1 aromatic carbocycles. The maximum absolute atomic E-state index is 12.1. The Morgan fingerprint density at radius 2 is 1.48 bits per heavy atom. The zero-order valence-electron chi connectivity index (χ0n) is 14.0. The molecule has 0 bridgehead atoms. The van der Waals surface area contributed by atoms with Gasteiger partial charge in [0, 0.05) is 25.7 Å². The Bertz CT molecular complexity index is 611. The number of hydrogen-bond acceptors (Lipinski definition) is 3. The zero-order valence-corrected chi connectivity index (χ0v) is 14.0. The molecule has 1 heterocycles. The molecular formula is C16H18F6N2O3. The van der Waals surface area contributed by atoms with Crippen molar-refractivity contribution in [1.82, 2.24) is 10.2 Å². The number of alkyl halides is 6. The summed E-state index contributed by atoms with van der Waals surface area (Å²) in [5, 5.41) is 9.18. The molecule has 0 unspecified atom stereocenters. The number of carboxylic acids is 1. The van der Waals surface area contributed by atoms with Crippen molar-refractivity contribution < 1.29 is 41.0 Å². The first-order chi connectivity index (χ1) is 12.4. The quantitative estimate of drug-likeness (QED) is 0.766. The van der Waals surface area contributed by atoms with Gasteiger partial charge in [0.1, 0.15) is 0 Å². The van der Waals surface area contributed by atoms with Crippen LogP contribution in [0.5, 0.6) is 0 Å². The van der Waals surface area contributed by atoms with Crippen molar-refractivity contribution >= 4 is 11.9 Å². The fraction of sp³-hybridized carbons (Fsp3) is 0.500. The van der Waals surface area contributed by atoms with E-state index in [2.05, 4.69) is 10.2 Å². The molecule has 0 atom stereocenters. The van der Waals surface area contributed by atoms with Crippen LogP contribution < -0.4 is 5.32 Å². The number of benzene rings is 1. The molecule has 5 nitrogen and oxygen atoms in total. The van der Waals surface area contributed by atoms with Gasteiger partial charge in [0.15, 0.2) is 0 Å². The Balaban J connectivity index is 0.000000445. The average Bonchev–Trinajstić information content (AvgIpc) is 2.56. The summed E-state index contributed by atoms with van der Waals surface area (Å²) < 4.78 is 68.2. The van der Waals surface area contributed by atoms with E-state index in [1.807, 2.05) is 30.3 Å². The van der Waals surface area contributed by atoms with Crippen molar-refractivity contribution in [1.29, 1.82) is 0 Å². The number of carboxylic acid groups (broad SMARTS) is 1. The Labute approximate surface area is 151 Å². The number of carbonyl (C=O) groups excluding carboxylic acids is 1. The van der Waals surface area contributed by atoms with Crippen LogP contribution in [0.15, 0.2) is 30.3 Å². The Morgan fingerprint density at radius 1 is 1.00 bits per heavy atom. The summed E-state index contributed by atoms with van der Waals surface area (Å²) >= 11 is 0. The fourth-order valence-corrected chi connectivity index (χ4v) is 2.34. The van der Waals surface area contributed by atoms with E-state index in [1.54, 1.807) is 0 Å². The molecule has 1 aliphatic rings. The van der Waals surface area contributed by atoms with Gasteiger partial charge in [-0.05, 0) is 18.4 Å². The number of carbonyl (C=O) groups is 2. The molecular weight excluding hydrogens is 382 g/mol. The SMILES string of the molecule is O=C(NC1CCN(Cc2ccccc2)CC1)C(F)(F)F.O=C(O)C(F)(F)F. The van der Waals surface area contributed by atoms with Gasteiger partial charge >= 0.3 is 24.2 Å². The highest BCUT2D eigenvalue weighted by molar-refractivity contribution is 5.81. The number of aliphatic carboxylic acids is 1. The number of nitrogens with one attached hydrogen (secondary N) is 1. The van der Waals surface area contributed by atoms with Crippen LogP contribution in [0.1, 0.15) is 18.4 Å². The van der Waals surface area contributed by atoms with Gasteiger partial charge in [-0.15, -0.1) is 0 Å². The molecule has 0 aliphatic carbocycles. The van der Waals surface area contributed by atoms with Gasteiger partial charge in [0.25, 0.3) is 0 Å². The van der Waals surface area contributed by atoms with E-state index in [0.29, 0.717) is 25.9 Å². The molecule has 2 N–H and O–H groups in total. The lowest BCUT2D eigenvalue weighted by molar-refractivity contribution is -0.192. The summed E-state index contributed by atoms with van der Waals surface area (Å²) in [6.07, 6.45) is -8.77. The van der Waals surface area contributed by atoms with Crippen LogP contribution in [0.3, 0.4) is 0 Å². The number of halogens is 6. The molecule has 0 saturated carbocycles. The second kappa shape index (κ2) is 9.58. The molecule has 0 aromatic heterocycles. The van der Waals surface area contributed by atoms with Gasteiger partial charge in [0.05, 0.1) is 0 Å². The molecule has 1 fully saturated rings. The van der Waals surface area contributed by atoms with Gasteiger partial charge in [-0.1, -0.05) is 30.3 Å². The maximum Gasteiger partial charge on any atom is 0.490 e. The van der Waals surface area contributed by atoms with E-state index in [9.17, 15) is 31.1 Å². The predicted molar refractivity (Wildman–Crippen MR) is 82.6 cm³/mol. The van der Waals surface area contributed by atoms with Gasteiger partial charge in [-0.25, -0.2) is 4.79 Å². The highest BCUT2D eigenvalue weighted by Gasteiger charge is 2.40. The molecule has 1 amide bonds. The smallest absolute Gasteiger partial charge is 0.475 e. The number of piperidine rings is 1. The number of hydrogen-bond donors (Lipinski definition) is 2. The molecule has 1 aliphatic heterocycles. The van der Waals surface area contributed by atoms with Crippen LogP contribution in [0, 0.1) is 0 Å². The van der Waals surface area contributed by atoms with Crippen molar-refractivity contribution in [2.24, 2.45) is 0 Å². The highest BCUT2D eigenvalue weighted by Crippen LogP contribution is 2.18. The summed E-state index contributed by atoms with van der Waals surface area (Å²) in [5.74, 6) is -4.59. The first kappa shape index (κ1) is 22.7. The van der Waals surface area contributed by atoms with E-state index in [1.165, 1.54) is 5.56 Å². The summed E-state index contributed by atoms with van der Waals surface area (Å²) in [6.45, 7) is 2.18. The van der Waals surface area contributed by atoms with Crippen molar-refractivity contribution in [2.75, 3.05) is 13.1 Å². The van der Waals surface area contributed by atoms with Crippen LogP contribution >= 0.6 is 0 Å². The predicted octanol–water partition coefficient (Wildman–Crippen LogP) is 2.96. The lowest BCUT2D eigenvalue weighted by Gasteiger charge is -2.32. The second-order valence-corrected chi connectivity index (χ2v) is 5.81. The molecule has 1 aromatic rings. The van der Waals surface area contributed by atoms with Gasteiger partial charge in [-0.3, -0.25) is 9.69 Å². The molecule has 152 valence electrons. The number of rotatable bonds is 3. The Kier molecular flexibility index (Phi) is 8.07. The minimum Gasteiger partial charge on any atom is -0.475 e. The summed E-state index contributed by atoms with van der Waals surface area (Å²) in [4.78, 5) is 21.9. The van der Waals surface area contributed by atoms with E-state index in [-0.39, 0.29) is 6.04 Å². The van der Waals surface area contributed by atoms with E-state index in [0.717, 1.165) is 6.54 Å². The largest absolute Gasteiger partial charge is 0.490 e. The van der Waals surface area contributed by atoms with Crippen molar-refractivity contribution in [3.8, 4) is 0 Å². The van der Waals surface area contributed by atoms with E-state index < -0.39 is 24.2 Å². The molecule has 11 heteroatoms. The van der Waals surface area contributed by atoms with Crippen molar-refractivity contribution in [2.45, 2.75) is 37.8 Å². The van der Waals surface area contributed by atoms with Crippen molar-refractivity contribution in [3.05, 3.63) is 35.9 Å². The van der Waals surface area contributed by atoms with Crippen molar-refractivity contribution in [3.63, 3.8) is 0 Å². The first-order valence-corrected chi connectivity index (χ1v) is 7.83. The van der Waals surface area contributed by atoms with Crippen LogP contribution in [0.25, 0.3) is 0 Å². The van der Waals surface area contributed by atoms with Crippen LogP contribution in [-0.2, 0) is 16.1 Å². The van der Waals surface area contributed by atoms with Crippen LogP contribution in [0.4, 0.5) is 26.3 Å². The topological polar surface area (TPSA) is 69.6 Å². The van der Waals surface area contributed by atoms with E-state index >= 15 is 0 Å². The third kappa shape index (κ3) is 8.76. The third-order valence-electron chi connectivity index (χ3n) is 3.67. The Morgan fingerprint density at radius 3 is 1.89 bits per heavy atom. The van der Waals surface area contributed by atoms with Gasteiger partial charge < -0.3 is 10.4 Å². The molecule has 2 rings (SSSR count). The average molecular weight is 400 g/mol. The molecule has 0 spiro atoms. The monoisotopic (exact) mass is 400 g/mol. The maximum atomic E-state index is 12.1. The number of amides is 1. The zero-order chi connectivity index (χ0) is 20.7. The minimum atomic E-state index is -5.08. The second-order valence-electron chi connectivity index (χ2n) is 5.81. The lowest BCUT2D eigenvalue weighted by Crippen LogP contribution is -2.48. The fourth-order valence-electron chi connectivity index (χ4n) is 2.34. The first-order valence-electron chi connectivity index (χ1n) is 7.83. The summed E-state index contributed by atoms with van der Waals surface area (Å²) in [5.41, 5.74) is 1.19. The molecule has 0 radical (unpaired) electrons. The van der Waals surface area contributed by atoms with Gasteiger partial charge in [-0.2, -0.15) is 26.3 Å². The number of likely N-dealkylation sites (tertiary alicyclic amines) is 1. The highest BCUT2D eigenvalue weighted by atomic mass is 19.4. The standard InChI is InChI=1S/C14H17F3N2O.C2HF3O2/c15-14(16,17)13(20)18-12-6-8-19(9-7-12)10-11-4-2-1-3-5-11;3-2(4,5)1(6)7/h1-5,12H,6-10H2,(H,18,20);(H,6,7). The summed E-state index contributed by atoms with van der Waals surface area (Å²) in [7, 11) is 0. The normalized spacial score (nSPS) is 16.2. The molecule has 27 heavy (non-hydrogen) atoms. The third-order valence-corrected chi connectivity index (χ3v) is 3.67. The molecule has 1 saturated heterocycles. The van der Waals surface area contributed by atoms with Crippen LogP contribution in [-0.4, -0.2) is 53.4 Å². The Hall–Kier alpha value is -2.30. The summed E-state index contributed by atoms with van der Waals surface area (Å²) in [6, 6.07) is 9.55.